The lowest BCUT2D eigenvalue weighted by Gasteiger charge is -2.19. The second-order valence-corrected chi connectivity index (χ2v) is 5.40. The van der Waals surface area contributed by atoms with Crippen LogP contribution in [0, 0.1) is 0 Å². The molecule has 0 aromatic heterocycles. The van der Waals surface area contributed by atoms with E-state index in [1.807, 2.05) is 54.6 Å². The van der Waals surface area contributed by atoms with Crippen LogP contribution in [0.3, 0.4) is 0 Å². The molecule has 1 amide bonds. The molecule has 3 rings (SSSR count). The van der Waals surface area contributed by atoms with E-state index in [1.165, 1.54) is 0 Å². The van der Waals surface area contributed by atoms with Crippen LogP contribution in [0.5, 0.6) is 11.5 Å². The maximum atomic E-state index is 12.1. The molecule has 2 aromatic rings. The molecule has 4 nitrogen and oxygen atoms in total. The van der Waals surface area contributed by atoms with Crippen LogP contribution < -0.4 is 15.4 Å². The van der Waals surface area contributed by atoms with Crippen molar-refractivity contribution in [3.8, 4) is 11.5 Å². The molecule has 2 N–H and O–H groups in total. The number of benzene rings is 2. The van der Waals surface area contributed by atoms with Crippen LogP contribution in [0.4, 0.5) is 5.69 Å². The summed E-state index contributed by atoms with van der Waals surface area (Å²) in [5.41, 5.74) is 0.841. The summed E-state index contributed by atoms with van der Waals surface area (Å²) in [6.07, 6.45) is 2.91. The summed E-state index contributed by atoms with van der Waals surface area (Å²) in [5, 5.41) is 6.26. The molecule has 22 heavy (non-hydrogen) atoms. The van der Waals surface area contributed by atoms with Crippen molar-refractivity contribution < 1.29 is 9.53 Å². The van der Waals surface area contributed by atoms with E-state index in [-0.39, 0.29) is 11.9 Å². The van der Waals surface area contributed by atoms with Crippen molar-refractivity contribution in [2.45, 2.75) is 25.3 Å². The predicted molar refractivity (Wildman–Crippen MR) is 87.2 cm³/mol. The Labute approximate surface area is 130 Å². The normalized spacial score (nSPS) is 18.2. The van der Waals surface area contributed by atoms with E-state index in [2.05, 4.69) is 10.6 Å². The van der Waals surface area contributed by atoms with Crippen LogP contribution in [-0.2, 0) is 4.79 Å². The zero-order valence-electron chi connectivity index (χ0n) is 12.4. The minimum absolute atomic E-state index is 0.0621. The Kier molecular flexibility index (Phi) is 4.59. The first-order valence-corrected chi connectivity index (χ1v) is 7.69. The lowest BCUT2D eigenvalue weighted by Crippen LogP contribution is -2.37. The molecule has 1 heterocycles. The summed E-state index contributed by atoms with van der Waals surface area (Å²) < 4.78 is 5.92. The largest absolute Gasteiger partial charge is 0.455 e. The van der Waals surface area contributed by atoms with E-state index in [1.54, 1.807) is 0 Å². The molecular weight excluding hydrogens is 276 g/mol. The number of ether oxygens (including phenoxy) is 1. The van der Waals surface area contributed by atoms with Gasteiger partial charge in [-0.3, -0.25) is 4.79 Å². The topological polar surface area (TPSA) is 50.4 Å². The van der Waals surface area contributed by atoms with E-state index >= 15 is 0 Å². The first-order valence-electron chi connectivity index (χ1n) is 7.69. The fourth-order valence-corrected chi connectivity index (χ4v) is 2.56. The highest BCUT2D eigenvalue weighted by Crippen LogP contribution is 2.30. The minimum atomic E-state index is -0.206. The SMILES string of the molecule is O=C1NCCCCC1Nc1ccccc1Oc1ccccc1. The van der Waals surface area contributed by atoms with Gasteiger partial charge < -0.3 is 15.4 Å². The highest BCUT2D eigenvalue weighted by atomic mass is 16.5. The lowest BCUT2D eigenvalue weighted by atomic mass is 10.1. The van der Waals surface area contributed by atoms with Gasteiger partial charge in [0, 0.05) is 6.54 Å². The molecule has 0 radical (unpaired) electrons. The van der Waals surface area contributed by atoms with Gasteiger partial charge >= 0.3 is 0 Å². The third-order valence-electron chi connectivity index (χ3n) is 3.72. The maximum Gasteiger partial charge on any atom is 0.242 e. The Bertz CT molecular complexity index is 628. The molecule has 4 heteroatoms. The zero-order chi connectivity index (χ0) is 15.2. The molecule has 1 fully saturated rings. The van der Waals surface area contributed by atoms with Gasteiger partial charge in [0.2, 0.25) is 5.91 Å². The number of hydrogen-bond donors (Lipinski definition) is 2. The van der Waals surface area contributed by atoms with Crippen molar-refractivity contribution in [3.63, 3.8) is 0 Å². The van der Waals surface area contributed by atoms with Crippen LogP contribution in [0.1, 0.15) is 19.3 Å². The molecule has 0 bridgehead atoms. The third-order valence-corrected chi connectivity index (χ3v) is 3.72. The maximum absolute atomic E-state index is 12.1. The van der Waals surface area contributed by atoms with Crippen molar-refractivity contribution in [2.24, 2.45) is 0 Å². The van der Waals surface area contributed by atoms with Crippen molar-refractivity contribution in [1.29, 1.82) is 0 Å². The van der Waals surface area contributed by atoms with E-state index in [9.17, 15) is 4.79 Å². The van der Waals surface area contributed by atoms with E-state index in [4.69, 9.17) is 4.74 Å². The minimum Gasteiger partial charge on any atom is -0.455 e. The molecule has 1 aliphatic rings. The average Bonchev–Trinajstić information content (AvgIpc) is 2.75. The number of nitrogens with one attached hydrogen (secondary N) is 2. The first-order chi connectivity index (χ1) is 10.8. The quantitative estimate of drug-likeness (QED) is 0.907. The van der Waals surface area contributed by atoms with Crippen LogP contribution in [0.15, 0.2) is 54.6 Å². The molecule has 1 aliphatic heterocycles. The summed E-state index contributed by atoms with van der Waals surface area (Å²) in [7, 11) is 0. The number of carbonyl (C=O) groups is 1. The Balaban J connectivity index is 1.77. The van der Waals surface area contributed by atoms with Crippen molar-refractivity contribution >= 4 is 11.6 Å². The van der Waals surface area contributed by atoms with E-state index in [0.29, 0.717) is 0 Å². The highest BCUT2D eigenvalue weighted by molar-refractivity contribution is 5.85. The van der Waals surface area contributed by atoms with Crippen molar-refractivity contribution in [2.75, 3.05) is 11.9 Å². The Hall–Kier alpha value is -2.49. The van der Waals surface area contributed by atoms with Gasteiger partial charge in [0.15, 0.2) is 5.75 Å². The number of rotatable bonds is 4. The number of carbonyl (C=O) groups excluding carboxylic acids is 1. The predicted octanol–water partition coefficient (Wildman–Crippen LogP) is 3.56. The Morgan fingerprint density at radius 3 is 2.64 bits per heavy atom. The smallest absolute Gasteiger partial charge is 0.242 e. The van der Waals surface area contributed by atoms with Gasteiger partial charge in [-0.1, -0.05) is 30.3 Å². The summed E-state index contributed by atoms with van der Waals surface area (Å²) in [5.74, 6) is 1.57. The third kappa shape index (κ3) is 3.58. The molecule has 114 valence electrons. The number of hydrogen-bond acceptors (Lipinski definition) is 3. The molecule has 1 unspecified atom stereocenters. The molecule has 0 saturated carbocycles. The molecule has 0 spiro atoms. The lowest BCUT2D eigenvalue weighted by molar-refractivity contribution is -0.121. The number of para-hydroxylation sites is 3. The van der Waals surface area contributed by atoms with Crippen molar-refractivity contribution in [1.82, 2.24) is 5.32 Å². The van der Waals surface area contributed by atoms with Crippen LogP contribution in [-0.4, -0.2) is 18.5 Å². The summed E-state index contributed by atoms with van der Waals surface area (Å²) in [6, 6.07) is 17.2. The molecule has 0 aliphatic carbocycles. The van der Waals surface area contributed by atoms with Gasteiger partial charge in [0.05, 0.1) is 5.69 Å². The van der Waals surface area contributed by atoms with Crippen LogP contribution in [0.25, 0.3) is 0 Å². The van der Waals surface area contributed by atoms with Crippen LogP contribution in [0.2, 0.25) is 0 Å². The fourth-order valence-electron chi connectivity index (χ4n) is 2.56. The second-order valence-electron chi connectivity index (χ2n) is 5.40. The summed E-state index contributed by atoms with van der Waals surface area (Å²) in [6.45, 7) is 0.763. The Morgan fingerprint density at radius 1 is 1.00 bits per heavy atom. The van der Waals surface area contributed by atoms with E-state index < -0.39 is 0 Å². The Morgan fingerprint density at radius 2 is 1.77 bits per heavy atom. The summed E-state index contributed by atoms with van der Waals surface area (Å²) in [4.78, 5) is 12.1. The number of amides is 1. The molecule has 1 atom stereocenters. The second kappa shape index (κ2) is 6.98. The highest BCUT2D eigenvalue weighted by Gasteiger charge is 2.21. The standard InChI is InChI=1S/C18H20N2O2/c21-18-16(11-6-7-13-19-18)20-15-10-4-5-12-17(15)22-14-8-2-1-3-9-14/h1-5,8-10,12,16,20H,6-7,11,13H2,(H,19,21). The van der Waals surface area contributed by atoms with Gasteiger partial charge in [0.1, 0.15) is 11.8 Å². The first kappa shape index (κ1) is 14.4. The fraction of sp³-hybridized carbons (Fsp3) is 0.278. The van der Waals surface area contributed by atoms with Crippen LogP contribution >= 0.6 is 0 Å². The zero-order valence-corrected chi connectivity index (χ0v) is 12.4. The monoisotopic (exact) mass is 296 g/mol. The van der Waals surface area contributed by atoms with Gasteiger partial charge in [-0.25, -0.2) is 0 Å². The van der Waals surface area contributed by atoms with Gasteiger partial charge in [-0.15, -0.1) is 0 Å². The molecular formula is C18H20N2O2. The summed E-state index contributed by atoms with van der Waals surface area (Å²) >= 11 is 0. The average molecular weight is 296 g/mol. The van der Waals surface area contributed by atoms with Crippen molar-refractivity contribution in [3.05, 3.63) is 54.6 Å². The van der Waals surface area contributed by atoms with Gasteiger partial charge in [-0.05, 0) is 43.5 Å². The molecule has 1 saturated heterocycles. The van der Waals surface area contributed by atoms with E-state index in [0.717, 1.165) is 43.0 Å². The van der Waals surface area contributed by atoms with Gasteiger partial charge in [-0.2, -0.15) is 0 Å². The van der Waals surface area contributed by atoms with Gasteiger partial charge in [0.25, 0.3) is 0 Å². The number of anilines is 1. The molecule has 2 aromatic carbocycles.